The van der Waals surface area contributed by atoms with Crippen LogP contribution in [0.3, 0.4) is 0 Å². The molecule has 2 rings (SSSR count). The highest BCUT2D eigenvalue weighted by atomic mass is 16.4. The number of carbonyl (C=O) groups is 4. The first-order chi connectivity index (χ1) is 15.2. The average molecular weight is 445 g/mol. The second kappa shape index (κ2) is 11.6. The molecule has 1 aromatic carbocycles. The second-order valence-corrected chi connectivity index (χ2v) is 7.44. The highest BCUT2D eigenvalue weighted by Crippen LogP contribution is 2.21. The molecule has 0 radical (unpaired) electrons. The molecule has 0 saturated heterocycles. The van der Waals surface area contributed by atoms with Crippen LogP contribution in [0.4, 0.5) is 5.69 Å². The maximum Gasteiger partial charge on any atom is 0.336 e. The number of nitrogens with one attached hydrogen (secondary N) is 3. The Bertz CT molecular complexity index is 1060. The lowest BCUT2D eigenvalue weighted by Crippen LogP contribution is -2.43. The molecular weight excluding hydrogens is 418 g/mol. The van der Waals surface area contributed by atoms with Crippen LogP contribution < -0.4 is 21.6 Å². The smallest absolute Gasteiger partial charge is 0.336 e. The SMILES string of the molecule is CC(=O)NC(CCCCNC(=O)CCC(=O)O)C(=O)Nc1ccc2c(C)cc(=O)oc2c1. The van der Waals surface area contributed by atoms with Crippen LogP contribution in [0.1, 0.15) is 44.6 Å². The third-order valence-electron chi connectivity index (χ3n) is 4.72. The molecule has 1 atom stereocenters. The van der Waals surface area contributed by atoms with Gasteiger partial charge in [0.1, 0.15) is 11.6 Å². The summed E-state index contributed by atoms with van der Waals surface area (Å²) in [6.07, 6.45) is 1.14. The van der Waals surface area contributed by atoms with E-state index in [0.717, 1.165) is 10.9 Å². The third kappa shape index (κ3) is 7.86. The highest BCUT2D eigenvalue weighted by Gasteiger charge is 2.19. The van der Waals surface area contributed by atoms with E-state index in [9.17, 15) is 24.0 Å². The van der Waals surface area contributed by atoms with E-state index >= 15 is 0 Å². The molecule has 0 saturated carbocycles. The standard InChI is InChI=1S/C22H27N3O7/c1-13-11-21(30)32-18-12-15(6-7-16(13)18)25-22(31)17(24-14(2)26)5-3-4-10-23-19(27)8-9-20(28)29/h6-7,11-12,17H,3-5,8-10H2,1-2H3,(H,23,27)(H,24,26)(H,25,31)(H,28,29). The van der Waals surface area contributed by atoms with E-state index in [1.165, 1.54) is 13.0 Å². The maximum atomic E-state index is 12.7. The van der Waals surface area contributed by atoms with E-state index in [-0.39, 0.29) is 24.7 Å². The van der Waals surface area contributed by atoms with Gasteiger partial charge in [0.15, 0.2) is 0 Å². The van der Waals surface area contributed by atoms with Crippen LogP contribution in [0.25, 0.3) is 11.0 Å². The van der Waals surface area contributed by atoms with Crippen LogP contribution in [0.5, 0.6) is 0 Å². The fraction of sp³-hybridized carbons (Fsp3) is 0.409. The summed E-state index contributed by atoms with van der Waals surface area (Å²) in [5.41, 5.74) is 1.06. The van der Waals surface area contributed by atoms with Crippen molar-refractivity contribution in [2.45, 2.75) is 52.0 Å². The van der Waals surface area contributed by atoms with Crippen molar-refractivity contribution in [3.05, 3.63) is 40.2 Å². The summed E-state index contributed by atoms with van der Waals surface area (Å²) in [6, 6.07) is 5.59. The van der Waals surface area contributed by atoms with Crippen molar-refractivity contribution in [2.24, 2.45) is 0 Å². The molecule has 172 valence electrons. The van der Waals surface area contributed by atoms with Gasteiger partial charge in [0.25, 0.3) is 0 Å². The van der Waals surface area contributed by atoms with Crippen molar-refractivity contribution in [1.82, 2.24) is 10.6 Å². The Morgan fingerprint density at radius 2 is 1.84 bits per heavy atom. The predicted octanol–water partition coefficient (Wildman–Crippen LogP) is 1.70. The Kier molecular flexibility index (Phi) is 8.94. The van der Waals surface area contributed by atoms with Crippen molar-refractivity contribution in [2.75, 3.05) is 11.9 Å². The van der Waals surface area contributed by atoms with Gasteiger partial charge in [-0.05, 0) is 43.9 Å². The molecule has 1 aromatic heterocycles. The van der Waals surface area contributed by atoms with Gasteiger partial charge >= 0.3 is 11.6 Å². The van der Waals surface area contributed by atoms with Crippen molar-refractivity contribution in [3.8, 4) is 0 Å². The van der Waals surface area contributed by atoms with Crippen molar-refractivity contribution in [3.63, 3.8) is 0 Å². The predicted molar refractivity (Wildman–Crippen MR) is 117 cm³/mol. The van der Waals surface area contributed by atoms with Crippen LogP contribution in [-0.2, 0) is 19.2 Å². The number of hydrogen-bond donors (Lipinski definition) is 4. The zero-order chi connectivity index (χ0) is 23.7. The molecule has 0 aliphatic carbocycles. The lowest BCUT2D eigenvalue weighted by Gasteiger charge is -2.18. The van der Waals surface area contributed by atoms with E-state index in [2.05, 4.69) is 16.0 Å². The van der Waals surface area contributed by atoms with Gasteiger partial charge in [-0.25, -0.2) is 4.79 Å². The summed E-state index contributed by atoms with van der Waals surface area (Å²) in [7, 11) is 0. The van der Waals surface area contributed by atoms with Gasteiger partial charge in [-0.2, -0.15) is 0 Å². The molecule has 0 fully saturated rings. The minimum Gasteiger partial charge on any atom is -0.481 e. The van der Waals surface area contributed by atoms with Gasteiger partial charge in [-0.15, -0.1) is 0 Å². The normalized spacial score (nSPS) is 11.6. The number of rotatable bonds is 11. The number of unbranched alkanes of at least 4 members (excludes halogenated alkanes) is 1. The second-order valence-electron chi connectivity index (χ2n) is 7.44. The maximum absolute atomic E-state index is 12.7. The number of benzene rings is 1. The topological polar surface area (TPSA) is 155 Å². The number of hydrogen-bond acceptors (Lipinski definition) is 6. The zero-order valence-corrected chi connectivity index (χ0v) is 18.0. The van der Waals surface area contributed by atoms with Crippen molar-refractivity contribution >= 4 is 40.3 Å². The monoisotopic (exact) mass is 445 g/mol. The number of fused-ring (bicyclic) bond motifs is 1. The number of carboxylic acids is 1. The molecular formula is C22H27N3O7. The zero-order valence-electron chi connectivity index (χ0n) is 18.0. The largest absolute Gasteiger partial charge is 0.481 e. The summed E-state index contributed by atoms with van der Waals surface area (Å²) in [4.78, 5) is 57.8. The summed E-state index contributed by atoms with van der Waals surface area (Å²) in [5, 5.41) is 17.3. The number of carboxylic acid groups (broad SMARTS) is 1. The average Bonchev–Trinajstić information content (AvgIpc) is 2.70. The lowest BCUT2D eigenvalue weighted by atomic mass is 10.1. The van der Waals surface area contributed by atoms with E-state index in [1.807, 2.05) is 0 Å². The lowest BCUT2D eigenvalue weighted by molar-refractivity contribution is -0.138. The van der Waals surface area contributed by atoms with Crippen LogP contribution >= 0.6 is 0 Å². The van der Waals surface area contributed by atoms with Gasteiger partial charge in [0.2, 0.25) is 17.7 Å². The van der Waals surface area contributed by atoms with Gasteiger partial charge in [-0.3, -0.25) is 19.2 Å². The quantitative estimate of drug-likeness (QED) is 0.303. The minimum absolute atomic E-state index is 0.0857. The molecule has 32 heavy (non-hydrogen) atoms. The fourth-order valence-corrected chi connectivity index (χ4v) is 3.16. The van der Waals surface area contributed by atoms with Crippen LogP contribution in [0, 0.1) is 6.92 Å². The van der Waals surface area contributed by atoms with Crippen LogP contribution in [0.2, 0.25) is 0 Å². The van der Waals surface area contributed by atoms with E-state index in [0.29, 0.717) is 37.1 Å². The molecule has 1 heterocycles. The Balaban J connectivity index is 1.91. The Morgan fingerprint density at radius 1 is 1.09 bits per heavy atom. The first kappa shape index (κ1) is 24.6. The summed E-state index contributed by atoms with van der Waals surface area (Å²) in [5.74, 6) is -2.15. The van der Waals surface area contributed by atoms with Gasteiger partial charge in [0, 0.05) is 43.1 Å². The highest BCUT2D eigenvalue weighted by molar-refractivity contribution is 5.98. The van der Waals surface area contributed by atoms with Gasteiger partial charge < -0.3 is 25.5 Å². The third-order valence-corrected chi connectivity index (χ3v) is 4.72. The van der Waals surface area contributed by atoms with E-state index in [4.69, 9.17) is 9.52 Å². The molecule has 1 unspecified atom stereocenters. The number of aryl methyl sites for hydroxylation is 1. The number of aliphatic carboxylic acids is 1. The minimum atomic E-state index is -1.03. The van der Waals surface area contributed by atoms with Gasteiger partial charge in [-0.1, -0.05) is 0 Å². The Labute approximate surface area is 184 Å². The molecule has 0 aliphatic rings. The van der Waals surface area contributed by atoms with Crippen molar-refractivity contribution in [1.29, 1.82) is 0 Å². The molecule has 2 aromatic rings. The van der Waals surface area contributed by atoms with E-state index < -0.39 is 23.5 Å². The van der Waals surface area contributed by atoms with Crippen LogP contribution in [0.15, 0.2) is 33.5 Å². The molecule has 10 heteroatoms. The molecule has 4 N–H and O–H groups in total. The molecule has 10 nitrogen and oxygen atoms in total. The van der Waals surface area contributed by atoms with Gasteiger partial charge in [0.05, 0.1) is 6.42 Å². The number of anilines is 1. The fourth-order valence-electron chi connectivity index (χ4n) is 3.16. The van der Waals surface area contributed by atoms with E-state index in [1.54, 1.807) is 25.1 Å². The molecule has 3 amide bonds. The Morgan fingerprint density at radius 3 is 2.53 bits per heavy atom. The number of amides is 3. The molecule has 0 aliphatic heterocycles. The molecule has 0 spiro atoms. The first-order valence-electron chi connectivity index (χ1n) is 10.3. The summed E-state index contributed by atoms with van der Waals surface area (Å²) < 4.78 is 5.19. The summed E-state index contributed by atoms with van der Waals surface area (Å²) in [6.45, 7) is 3.45. The first-order valence-corrected chi connectivity index (χ1v) is 10.3. The molecule has 0 bridgehead atoms. The number of carbonyl (C=O) groups excluding carboxylic acids is 3. The van der Waals surface area contributed by atoms with Crippen LogP contribution in [-0.4, -0.2) is 41.4 Å². The summed E-state index contributed by atoms with van der Waals surface area (Å²) >= 11 is 0. The Hall–Kier alpha value is -3.69. The van der Waals surface area contributed by atoms with Crippen molar-refractivity contribution < 1.29 is 28.7 Å².